The van der Waals surface area contributed by atoms with Gasteiger partial charge in [0.05, 0.1) is 22.8 Å². The quantitative estimate of drug-likeness (QED) is 0.573. The smallest absolute Gasteiger partial charge is 0.256 e. The normalized spacial score (nSPS) is 16.3. The number of hydrogen-bond acceptors (Lipinski definition) is 3. The number of thiophene rings is 1. The van der Waals surface area contributed by atoms with E-state index >= 15 is 0 Å². The first-order valence-electron chi connectivity index (χ1n) is 9.90. The van der Waals surface area contributed by atoms with Crippen LogP contribution in [-0.2, 0) is 11.3 Å². The number of aryl methyl sites for hydroxylation is 1. The highest BCUT2D eigenvalue weighted by Gasteiger charge is 2.38. The summed E-state index contributed by atoms with van der Waals surface area (Å²) in [6.45, 7) is 5.27. The molecule has 3 heterocycles. The Morgan fingerprint density at radius 2 is 2.00 bits per heavy atom. The van der Waals surface area contributed by atoms with Crippen molar-refractivity contribution in [2.45, 2.75) is 32.9 Å². The molecule has 1 aliphatic rings. The molecule has 1 aliphatic heterocycles. The van der Waals surface area contributed by atoms with Crippen LogP contribution in [0.1, 0.15) is 33.0 Å². The molecule has 0 bridgehead atoms. The van der Waals surface area contributed by atoms with Gasteiger partial charge in [0.15, 0.2) is 0 Å². The van der Waals surface area contributed by atoms with Gasteiger partial charge in [-0.15, -0.1) is 11.3 Å². The number of hydrogen-bond donors (Lipinski definition) is 0. The minimum absolute atomic E-state index is 0.0913. The number of benzene rings is 1. The van der Waals surface area contributed by atoms with Crippen molar-refractivity contribution in [2.75, 3.05) is 18.5 Å². The highest BCUT2D eigenvalue weighted by molar-refractivity contribution is 7.09. The number of carbonyl (C=O) groups excluding carboxylic acids is 2. The first-order valence-corrected chi connectivity index (χ1v) is 11.2. The number of likely N-dealkylation sites (N-methyl/N-ethyl adjacent to an activating group) is 1. The van der Waals surface area contributed by atoms with Crippen molar-refractivity contribution in [3.05, 3.63) is 74.7 Å². The second-order valence-corrected chi connectivity index (χ2v) is 9.05. The number of carbonyl (C=O) groups is 2. The standard InChI is InChI=1S/C23H24ClN3O2S/c1-15-13-18(16(2)27(15)14-17-7-6-12-30-17)22(28)25(3)21-10-11-26(23(21)29)20-9-5-4-8-19(20)24/h4-9,12-13,21H,10-11,14H2,1-3H3. The van der Waals surface area contributed by atoms with Crippen LogP contribution in [-0.4, -0.2) is 40.9 Å². The van der Waals surface area contributed by atoms with Gasteiger partial charge in [0.1, 0.15) is 6.04 Å². The van der Waals surface area contributed by atoms with Gasteiger partial charge in [-0.1, -0.05) is 29.8 Å². The van der Waals surface area contributed by atoms with E-state index in [0.29, 0.717) is 29.2 Å². The molecular weight excluding hydrogens is 418 g/mol. The Morgan fingerprint density at radius 1 is 1.23 bits per heavy atom. The molecule has 0 spiro atoms. The fourth-order valence-electron chi connectivity index (χ4n) is 4.08. The third kappa shape index (κ3) is 3.66. The minimum atomic E-state index is -0.492. The van der Waals surface area contributed by atoms with E-state index in [1.165, 1.54) is 4.88 Å². The van der Waals surface area contributed by atoms with Crippen molar-refractivity contribution in [1.82, 2.24) is 9.47 Å². The predicted molar refractivity (Wildman–Crippen MR) is 122 cm³/mol. The van der Waals surface area contributed by atoms with E-state index in [1.54, 1.807) is 34.3 Å². The SMILES string of the molecule is Cc1cc(C(=O)N(C)C2CCN(c3ccccc3Cl)C2=O)c(C)n1Cc1cccs1. The zero-order valence-corrected chi connectivity index (χ0v) is 18.8. The fourth-order valence-corrected chi connectivity index (χ4v) is 5.02. The molecule has 1 atom stereocenters. The van der Waals surface area contributed by atoms with Gasteiger partial charge in [-0.2, -0.15) is 0 Å². The van der Waals surface area contributed by atoms with Crippen molar-refractivity contribution in [2.24, 2.45) is 0 Å². The van der Waals surface area contributed by atoms with E-state index < -0.39 is 6.04 Å². The van der Waals surface area contributed by atoms with Crippen molar-refractivity contribution in [3.63, 3.8) is 0 Å². The van der Waals surface area contributed by atoms with Crippen LogP contribution in [0, 0.1) is 13.8 Å². The number of para-hydroxylation sites is 1. The molecule has 0 radical (unpaired) electrons. The van der Waals surface area contributed by atoms with E-state index in [4.69, 9.17) is 11.6 Å². The van der Waals surface area contributed by atoms with Crippen LogP contribution in [0.5, 0.6) is 0 Å². The number of anilines is 1. The number of rotatable bonds is 5. The number of amides is 2. The van der Waals surface area contributed by atoms with Gasteiger partial charge < -0.3 is 14.4 Å². The summed E-state index contributed by atoms with van der Waals surface area (Å²) in [5, 5.41) is 2.59. The van der Waals surface area contributed by atoms with Crippen molar-refractivity contribution >= 4 is 40.4 Å². The van der Waals surface area contributed by atoms with Crippen molar-refractivity contribution in [1.29, 1.82) is 0 Å². The summed E-state index contributed by atoms with van der Waals surface area (Å²) in [5.74, 6) is -0.216. The van der Waals surface area contributed by atoms with Gasteiger partial charge in [0, 0.05) is 29.9 Å². The van der Waals surface area contributed by atoms with E-state index in [1.807, 2.05) is 44.2 Å². The molecule has 2 aromatic heterocycles. The second-order valence-electron chi connectivity index (χ2n) is 7.61. The van der Waals surface area contributed by atoms with Gasteiger partial charge in [0.25, 0.3) is 5.91 Å². The third-order valence-corrected chi connectivity index (χ3v) is 6.99. The molecule has 2 amide bonds. The summed E-state index contributed by atoms with van der Waals surface area (Å²) in [4.78, 5) is 30.9. The van der Waals surface area contributed by atoms with Crippen LogP contribution in [0.3, 0.4) is 0 Å². The Bertz CT molecular complexity index is 1090. The average Bonchev–Trinajstić information content (AvgIpc) is 3.44. The maximum absolute atomic E-state index is 13.3. The lowest BCUT2D eigenvalue weighted by atomic mass is 10.1. The largest absolute Gasteiger partial charge is 0.343 e. The summed E-state index contributed by atoms with van der Waals surface area (Å²) in [6.07, 6.45) is 0.584. The molecule has 1 saturated heterocycles. The molecule has 4 rings (SSSR count). The molecule has 5 nitrogen and oxygen atoms in total. The monoisotopic (exact) mass is 441 g/mol. The van der Waals surface area contributed by atoms with Crippen LogP contribution in [0.4, 0.5) is 5.69 Å². The van der Waals surface area contributed by atoms with Gasteiger partial charge in [0.2, 0.25) is 5.91 Å². The predicted octanol–water partition coefficient (Wildman–Crippen LogP) is 4.75. The Labute approximate surface area is 185 Å². The van der Waals surface area contributed by atoms with E-state index in [0.717, 1.165) is 17.9 Å². The second kappa shape index (κ2) is 8.28. The summed E-state index contributed by atoms with van der Waals surface area (Å²) >= 11 is 7.98. The van der Waals surface area contributed by atoms with Gasteiger partial charge in [-0.3, -0.25) is 9.59 Å². The van der Waals surface area contributed by atoms with Crippen molar-refractivity contribution in [3.8, 4) is 0 Å². The van der Waals surface area contributed by atoms with E-state index in [2.05, 4.69) is 16.0 Å². The highest BCUT2D eigenvalue weighted by atomic mass is 35.5. The zero-order valence-electron chi connectivity index (χ0n) is 17.3. The van der Waals surface area contributed by atoms with E-state index in [-0.39, 0.29) is 11.8 Å². The maximum atomic E-state index is 13.3. The Kier molecular flexibility index (Phi) is 5.71. The van der Waals surface area contributed by atoms with Crippen LogP contribution >= 0.6 is 22.9 Å². The van der Waals surface area contributed by atoms with Crippen LogP contribution in [0.25, 0.3) is 0 Å². The Balaban J connectivity index is 1.54. The molecule has 0 aliphatic carbocycles. The van der Waals surface area contributed by atoms with Gasteiger partial charge in [-0.25, -0.2) is 0 Å². The molecule has 0 N–H and O–H groups in total. The van der Waals surface area contributed by atoms with Crippen molar-refractivity contribution < 1.29 is 9.59 Å². The number of halogens is 1. The van der Waals surface area contributed by atoms with Gasteiger partial charge in [-0.05, 0) is 49.9 Å². The van der Waals surface area contributed by atoms with Crippen LogP contribution in [0.2, 0.25) is 5.02 Å². The molecule has 3 aromatic rings. The lowest BCUT2D eigenvalue weighted by Gasteiger charge is -2.24. The molecule has 0 saturated carbocycles. The Morgan fingerprint density at radius 3 is 2.70 bits per heavy atom. The fraction of sp³-hybridized carbons (Fsp3) is 0.304. The van der Waals surface area contributed by atoms with Gasteiger partial charge >= 0.3 is 0 Å². The molecule has 30 heavy (non-hydrogen) atoms. The molecule has 156 valence electrons. The molecular formula is C23H24ClN3O2S. The molecule has 7 heteroatoms. The molecule has 1 fully saturated rings. The Hall–Kier alpha value is -2.57. The average molecular weight is 442 g/mol. The molecule has 1 aromatic carbocycles. The lowest BCUT2D eigenvalue weighted by Crippen LogP contribution is -2.43. The zero-order chi connectivity index (χ0) is 21.4. The number of nitrogens with zero attached hydrogens (tertiary/aromatic N) is 3. The van der Waals surface area contributed by atoms with Crippen LogP contribution < -0.4 is 4.90 Å². The summed E-state index contributed by atoms with van der Waals surface area (Å²) in [7, 11) is 1.71. The summed E-state index contributed by atoms with van der Waals surface area (Å²) in [6, 6.07) is 12.9. The first-order chi connectivity index (χ1) is 14.4. The molecule has 1 unspecified atom stereocenters. The summed E-state index contributed by atoms with van der Waals surface area (Å²) < 4.78 is 2.15. The summed E-state index contributed by atoms with van der Waals surface area (Å²) in [5.41, 5.74) is 3.30. The van der Waals surface area contributed by atoms with Crippen LogP contribution in [0.15, 0.2) is 47.8 Å². The lowest BCUT2D eigenvalue weighted by molar-refractivity contribution is -0.120. The topological polar surface area (TPSA) is 45.6 Å². The maximum Gasteiger partial charge on any atom is 0.256 e. The minimum Gasteiger partial charge on any atom is -0.343 e. The number of aromatic nitrogens is 1. The third-order valence-electron chi connectivity index (χ3n) is 5.81. The first kappa shape index (κ1) is 20.7. The highest BCUT2D eigenvalue weighted by Crippen LogP contribution is 2.31. The van der Waals surface area contributed by atoms with E-state index in [9.17, 15) is 9.59 Å².